The molecule has 0 aliphatic rings. The SMILES string of the molecule is COc1cc(C(=O)O)ccc1NC(=O)C(C)CCc1cccc(F)c1. The fourth-order valence-electron chi connectivity index (χ4n) is 2.39. The van der Waals surface area contributed by atoms with Gasteiger partial charge in [0.25, 0.3) is 0 Å². The van der Waals surface area contributed by atoms with Crippen LogP contribution in [-0.2, 0) is 11.2 Å². The molecule has 6 heteroatoms. The Morgan fingerprint density at radius 3 is 2.64 bits per heavy atom. The number of aryl methyl sites for hydroxylation is 1. The van der Waals surface area contributed by atoms with Crippen molar-refractivity contribution in [1.29, 1.82) is 0 Å². The Morgan fingerprint density at radius 1 is 1.24 bits per heavy atom. The fourth-order valence-corrected chi connectivity index (χ4v) is 2.39. The lowest BCUT2D eigenvalue weighted by atomic mass is 10.00. The quantitative estimate of drug-likeness (QED) is 0.801. The molecule has 2 rings (SSSR count). The summed E-state index contributed by atoms with van der Waals surface area (Å²) >= 11 is 0. The molecule has 5 nitrogen and oxygen atoms in total. The standard InChI is InChI=1S/C19H20FNO4/c1-12(6-7-13-4-3-5-15(20)10-13)18(22)21-16-9-8-14(19(23)24)11-17(16)25-2/h3-5,8-12H,6-7H2,1-2H3,(H,21,22)(H,23,24). The van der Waals surface area contributed by atoms with Crippen molar-refractivity contribution in [1.82, 2.24) is 0 Å². The number of ether oxygens (including phenoxy) is 1. The molecule has 0 saturated heterocycles. The van der Waals surface area contributed by atoms with Crippen LogP contribution in [-0.4, -0.2) is 24.1 Å². The lowest BCUT2D eigenvalue weighted by Gasteiger charge is -2.15. The topological polar surface area (TPSA) is 75.6 Å². The van der Waals surface area contributed by atoms with Gasteiger partial charge in [0.15, 0.2) is 0 Å². The zero-order valence-corrected chi connectivity index (χ0v) is 14.1. The van der Waals surface area contributed by atoms with E-state index in [1.807, 2.05) is 6.07 Å². The second-order valence-corrected chi connectivity index (χ2v) is 5.78. The van der Waals surface area contributed by atoms with Gasteiger partial charge in [-0.25, -0.2) is 9.18 Å². The lowest BCUT2D eigenvalue weighted by molar-refractivity contribution is -0.119. The van der Waals surface area contributed by atoms with Crippen LogP contribution in [0.15, 0.2) is 42.5 Å². The van der Waals surface area contributed by atoms with E-state index in [1.165, 1.54) is 37.4 Å². The zero-order chi connectivity index (χ0) is 18.4. The summed E-state index contributed by atoms with van der Waals surface area (Å²) in [5.41, 5.74) is 1.33. The minimum atomic E-state index is -1.07. The van der Waals surface area contributed by atoms with Gasteiger partial charge in [0, 0.05) is 5.92 Å². The number of carboxylic acid groups (broad SMARTS) is 1. The van der Waals surface area contributed by atoms with E-state index in [-0.39, 0.29) is 29.0 Å². The minimum absolute atomic E-state index is 0.0778. The van der Waals surface area contributed by atoms with E-state index in [0.717, 1.165) is 5.56 Å². The molecule has 2 aromatic rings. The molecule has 0 radical (unpaired) electrons. The molecule has 2 N–H and O–H groups in total. The highest BCUT2D eigenvalue weighted by atomic mass is 19.1. The predicted molar refractivity (Wildman–Crippen MR) is 92.5 cm³/mol. The Labute approximate surface area is 145 Å². The number of hydrogen-bond donors (Lipinski definition) is 2. The van der Waals surface area contributed by atoms with Gasteiger partial charge in [-0.2, -0.15) is 0 Å². The van der Waals surface area contributed by atoms with Crippen molar-refractivity contribution >= 4 is 17.6 Å². The second kappa shape index (κ2) is 8.28. The van der Waals surface area contributed by atoms with Crippen LogP contribution in [0.25, 0.3) is 0 Å². The molecule has 0 saturated carbocycles. The van der Waals surface area contributed by atoms with Gasteiger partial charge in [0.1, 0.15) is 11.6 Å². The number of rotatable bonds is 7. The van der Waals surface area contributed by atoms with Crippen molar-refractivity contribution in [2.45, 2.75) is 19.8 Å². The van der Waals surface area contributed by atoms with E-state index in [9.17, 15) is 14.0 Å². The van der Waals surface area contributed by atoms with Crippen molar-refractivity contribution < 1.29 is 23.8 Å². The van der Waals surface area contributed by atoms with Crippen molar-refractivity contribution in [3.63, 3.8) is 0 Å². The van der Waals surface area contributed by atoms with Crippen LogP contribution < -0.4 is 10.1 Å². The highest BCUT2D eigenvalue weighted by Gasteiger charge is 2.16. The second-order valence-electron chi connectivity index (χ2n) is 5.78. The predicted octanol–water partition coefficient (Wildman–Crippen LogP) is 3.74. The monoisotopic (exact) mass is 345 g/mol. The summed E-state index contributed by atoms with van der Waals surface area (Å²) in [6, 6.07) is 10.6. The first kappa shape index (κ1) is 18.4. The Bertz CT molecular complexity index is 776. The van der Waals surface area contributed by atoms with Crippen LogP contribution in [0.1, 0.15) is 29.3 Å². The molecule has 1 unspecified atom stereocenters. The van der Waals surface area contributed by atoms with Gasteiger partial charge >= 0.3 is 5.97 Å². The normalized spacial score (nSPS) is 11.6. The molecule has 0 aliphatic heterocycles. The third-order valence-electron chi connectivity index (χ3n) is 3.91. The molecule has 0 fully saturated rings. The molecule has 0 aliphatic carbocycles. The number of halogens is 1. The number of methoxy groups -OCH3 is 1. The Balaban J connectivity index is 1.99. The Hall–Kier alpha value is -2.89. The number of aromatic carboxylic acids is 1. The molecule has 1 amide bonds. The molecule has 132 valence electrons. The maximum atomic E-state index is 13.2. The van der Waals surface area contributed by atoms with E-state index >= 15 is 0 Å². The summed E-state index contributed by atoms with van der Waals surface area (Å²) in [6.07, 6.45) is 1.15. The van der Waals surface area contributed by atoms with Gasteiger partial charge in [-0.05, 0) is 48.7 Å². The largest absolute Gasteiger partial charge is 0.495 e. The first-order valence-corrected chi connectivity index (χ1v) is 7.87. The van der Waals surface area contributed by atoms with Crippen molar-refractivity contribution in [2.75, 3.05) is 12.4 Å². The molecular weight excluding hydrogens is 325 g/mol. The number of carbonyl (C=O) groups excluding carboxylic acids is 1. The average Bonchev–Trinajstić information content (AvgIpc) is 2.59. The first-order valence-electron chi connectivity index (χ1n) is 7.87. The van der Waals surface area contributed by atoms with Gasteiger partial charge < -0.3 is 15.2 Å². The Morgan fingerprint density at radius 2 is 2.00 bits per heavy atom. The van der Waals surface area contributed by atoms with Gasteiger partial charge in [0.05, 0.1) is 18.4 Å². The highest BCUT2D eigenvalue weighted by molar-refractivity contribution is 5.95. The van der Waals surface area contributed by atoms with Crippen molar-refractivity contribution in [3.05, 3.63) is 59.4 Å². The molecule has 0 heterocycles. The summed E-state index contributed by atoms with van der Waals surface area (Å²) in [7, 11) is 1.41. The van der Waals surface area contributed by atoms with Crippen LogP contribution in [0, 0.1) is 11.7 Å². The molecular formula is C19H20FNO4. The maximum Gasteiger partial charge on any atom is 0.335 e. The van der Waals surface area contributed by atoms with Gasteiger partial charge in [-0.3, -0.25) is 4.79 Å². The first-order chi connectivity index (χ1) is 11.9. The zero-order valence-electron chi connectivity index (χ0n) is 14.1. The number of carboxylic acids is 1. The van der Waals surface area contributed by atoms with E-state index in [1.54, 1.807) is 13.0 Å². The number of benzene rings is 2. The van der Waals surface area contributed by atoms with E-state index in [2.05, 4.69) is 5.32 Å². The molecule has 2 aromatic carbocycles. The molecule has 0 bridgehead atoms. The minimum Gasteiger partial charge on any atom is -0.495 e. The van der Waals surface area contributed by atoms with Gasteiger partial charge in [-0.15, -0.1) is 0 Å². The smallest absolute Gasteiger partial charge is 0.335 e. The summed E-state index contributed by atoms with van der Waals surface area (Å²) in [6.45, 7) is 1.78. The molecule has 0 aromatic heterocycles. The van der Waals surface area contributed by atoms with Crippen LogP contribution in [0.2, 0.25) is 0 Å². The number of nitrogens with one attached hydrogen (secondary N) is 1. The van der Waals surface area contributed by atoms with E-state index < -0.39 is 5.97 Å². The number of hydrogen-bond acceptors (Lipinski definition) is 3. The number of anilines is 1. The van der Waals surface area contributed by atoms with Crippen molar-refractivity contribution in [3.8, 4) is 5.75 Å². The third kappa shape index (κ3) is 5.04. The van der Waals surface area contributed by atoms with Gasteiger partial charge in [0.2, 0.25) is 5.91 Å². The maximum absolute atomic E-state index is 13.2. The van der Waals surface area contributed by atoms with Gasteiger partial charge in [-0.1, -0.05) is 19.1 Å². The average molecular weight is 345 g/mol. The highest BCUT2D eigenvalue weighted by Crippen LogP contribution is 2.26. The summed E-state index contributed by atoms with van der Waals surface area (Å²) in [5, 5.41) is 11.7. The molecule has 25 heavy (non-hydrogen) atoms. The summed E-state index contributed by atoms with van der Waals surface area (Å²) in [5.74, 6) is -1.59. The van der Waals surface area contributed by atoms with Crippen LogP contribution in [0.4, 0.5) is 10.1 Å². The Kier molecular flexibility index (Phi) is 6.11. The van der Waals surface area contributed by atoms with Crippen LogP contribution in [0.5, 0.6) is 5.75 Å². The van der Waals surface area contributed by atoms with Crippen LogP contribution in [0.3, 0.4) is 0 Å². The molecule has 0 spiro atoms. The van der Waals surface area contributed by atoms with Crippen molar-refractivity contribution in [2.24, 2.45) is 5.92 Å². The van der Waals surface area contributed by atoms with Crippen LogP contribution >= 0.6 is 0 Å². The summed E-state index contributed by atoms with van der Waals surface area (Å²) < 4.78 is 18.3. The number of amides is 1. The fraction of sp³-hybridized carbons (Fsp3) is 0.263. The third-order valence-corrected chi connectivity index (χ3v) is 3.91. The lowest BCUT2D eigenvalue weighted by Crippen LogP contribution is -2.21. The van der Waals surface area contributed by atoms with E-state index in [4.69, 9.17) is 9.84 Å². The van der Waals surface area contributed by atoms with E-state index in [0.29, 0.717) is 18.5 Å². The molecule has 1 atom stereocenters. The number of carbonyl (C=O) groups is 2. The summed E-state index contributed by atoms with van der Waals surface area (Å²) in [4.78, 5) is 23.3.